The summed E-state index contributed by atoms with van der Waals surface area (Å²) in [5.41, 5.74) is 9.21. The SMILES string of the molecule is CC(=O)NC1=C(N)C(=O)C(NC(C)=O)=C(N)C1=O. The van der Waals surface area contributed by atoms with Crippen molar-refractivity contribution in [3.8, 4) is 0 Å². The zero-order valence-corrected chi connectivity index (χ0v) is 9.79. The first-order valence-electron chi connectivity index (χ1n) is 4.89. The van der Waals surface area contributed by atoms with E-state index in [1.165, 1.54) is 0 Å². The van der Waals surface area contributed by atoms with Crippen molar-refractivity contribution in [1.29, 1.82) is 0 Å². The van der Waals surface area contributed by atoms with Crippen molar-refractivity contribution in [1.82, 2.24) is 10.6 Å². The molecule has 18 heavy (non-hydrogen) atoms. The summed E-state index contributed by atoms with van der Waals surface area (Å²) in [7, 11) is 0. The predicted octanol–water partition coefficient (Wildman–Crippen LogP) is -2.25. The fourth-order valence-corrected chi connectivity index (χ4v) is 1.34. The molecule has 0 saturated heterocycles. The number of carbonyl (C=O) groups is 4. The summed E-state index contributed by atoms with van der Waals surface area (Å²) >= 11 is 0. The summed E-state index contributed by atoms with van der Waals surface area (Å²) in [5, 5.41) is 4.27. The number of nitrogens with two attached hydrogens (primary N) is 2. The van der Waals surface area contributed by atoms with Gasteiger partial charge in [0.25, 0.3) is 0 Å². The Hall–Kier alpha value is -2.64. The number of nitrogens with one attached hydrogen (secondary N) is 2. The maximum Gasteiger partial charge on any atom is 0.229 e. The third-order valence-electron chi connectivity index (χ3n) is 2.08. The van der Waals surface area contributed by atoms with E-state index in [1.807, 2.05) is 0 Å². The lowest BCUT2D eigenvalue weighted by Crippen LogP contribution is -2.42. The minimum Gasteiger partial charge on any atom is -0.394 e. The molecule has 0 aromatic heterocycles. The van der Waals surface area contributed by atoms with Gasteiger partial charge in [-0.25, -0.2) is 0 Å². The molecule has 0 saturated carbocycles. The number of hydrogen-bond donors (Lipinski definition) is 4. The first-order chi connectivity index (χ1) is 8.25. The van der Waals surface area contributed by atoms with Gasteiger partial charge in [-0.05, 0) is 0 Å². The highest BCUT2D eigenvalue weighted by atomic mass is 16.2. The summed E-state index contributed by atoms with van der Waals surface area (Å²) in [6.07, 6.45) is 0. The summed E-state index contributed by atoms with van der Waals surface area (Å²) < 4.78 is 0. The highest BCUT2D eigenvalue weighted by Gasteiger charge is 2.33. The minimum absolute atomic E-state index is 0.376. The zero-order valence-electron chi connectivity index (χ0n) is 9.79. The van der Waals surface area contributed by atoms with E-state index in [9.17, 15) is 19.2 Å². The van der Waals surface area contributed by atoms with E-state index in [-0.39, 0.29) is 11.4 Å². The Morgan fingerprint density at radius 3 is 1.33 bits per heavy atom. The molecule has 0 fully saturated rings. The van der Waals surface area contributed by atoms with Crippen molar-refractivity contribution < 1.29 is 19.2 Å². The second-order valence-electron chi connectivity index (χ2n) is 3.60. The van der Waals surface area contributed by atoms with Crippen molar-refractivity contribution in [2.75, 3.05) is 0 Å². The normalized spacial score (nSPS) is 15.9. The molecule has 0 bridgehead atoms. The van der Waals surface area contributed by atoms with Crippen molar-refractivity contribution in [3.63, 3.8) is 0 Å². The topological polar surface area (TPSA) is 144 Å². The van der Waals surface area contributed by atoms with Crippen LogP contribution < -0.4 is 22.1 Å². The average molecular weight is 252 g/mol. The predicted molar refractivity (Wildman–Crippen MR) is 60.1 cm³/mol. The molecule has 8 nitrogen and oxygen atoms in total. The lowest BCUT2D eigenvalue weighted by molar-refractivity contribution is -0.122. The van der Waals surface area contributed by atoms with Crippen LogP contribution in [0.4, 0.5) is 0 Å². The summed E-state index contributed by atoms with van der Waals surface area (Å²) in [4.78, 5) is 45.3. The number of amides is 2. The van der Waals surface area contributed by atoms with Crippen molar-refractivity contribution in [2.45, 2.75) is 13.8 Å². The molecule has 0 heterocycles. The van der Waals surface area contributed by atoms with E-state index >= 15 is 0 Å². The van der Waals surface area contributed by atoms with Gasteiger partial charge < -0.3 is 22.1 Å². The Bertz CT molecular complexity index is 482. The average Bonchev–Trinajstić information content (AvgIpc) is 2.27. The van der Waals surface area contributed by atoms with Gasteiger partial charge in [0.1, 0.15) is 22.8 Å². The second kappa shape index (κ2) is 4.70. The Kier molecular flexibility index (Phi) is 3.50. The molecule has 0 aromatic carbocycles. The summed E-state index contributed by atoms with van der Waals surface area (Å²) in [6.45, 7) is 2.31. The molecule has 6 N–H and O–H groups in total. The summed E-state index contributed by atoms with van der Waals surface area (Å²) in [6, 6.07) is 0. The number of ketones is 2. The van der Waals surface area contributed by atoms with E-state index in [2.05, 4.69) is 10.6 Å². The number of rotatable bonds is 2. The number of Topliss-reactive ketones (excluding diaryl/α,β-unsaturated/α-hetero) is 2. The molecule has 1 aliphatic rings. The number of hydrogen-bond acceptors (Lipinski definition) is 6. The van der Waals surface area contributed by atoms with Crippen molar-refractivity contribution in [2.24, 2.45) is 11.5 Å². The van der Waals surface area contributed by atoms with Crippen LogP contribution in [0.5, 0.6) is 0 Å². The van der Waals surface area contributed by atoms with E-state index in [4.69, 9.17) is 11.5 Å². The summed E-state index contributed by atoms with van der Waals surface area (Å²) in [5.74, 6) is -2.76. The van der Waals surface area contributed by atoms with Crippen LogP contribution in [0.2, 0.25) is 0 Å². The molecule has 0 spiro atoms. The molecular weight excluding hydrogens is 240 g/mol. The van der Waals surface area contributed by atoms with E-state index in [1.54, 1.807) is 0 Å². The van der Waals surface area contributed by atoms with E-state index in [0.29, 0.717) is 0 Å². The zero-order chi connectivity index (χ0) is 14.0. The monoisotopic (exact) mass is 252 g/mol. The van der Waals surface area contributed by atoms with Gasteiger partial charge in [-0.15, -0.1) is 0 Å². The minimum atomic E-state index is -0.814. The van der Waals surface area contributed by atoms with Crippen molar-refractivity contribution in [3.05, 3.63) is 22.8 Å². The van der Waals surface area contributed by atoms with Crippen LogP contribution >= 0.6 is 0 Å². The van der Waals surface area contributed by atoms with Gasteiger partial charge in [0.2, 0.25) is 23.4 Å². The number of carbonyl (C=O) groups excluding carboxylic acids is 4. The van der Waals surface area contributed by atoms with Gasteiger partial charge in [-0.3, -0.25) is 19.2 Å². The molecule has 1 aliphatic carbocycles. The molecule has 0 aliphatic heterocycles. The van der Waals surface area contributed by atoms with Gasteiger partial charge in [-0.2, -0.15) is 0 Å². The highest BCUT2D eigenvalue weighted by Crippen LogP contribution is 2.16. The van der Waals surface area contributed by atoms with Gasteiger partial charge in [0.05, 0.1) is 0 Å². The van der Waals surface area contributed by atoms with Crippen LogP contribution in [0.1, 0.15) is 13.8 Å². The van der Waals surface area contributed by atoms with Gasteiger partial charge >= 0.3 is 0 Å². The lowest BCUT2D eigenvalue weighted by atomic mass is 10.00. The first kappa shape index (κ1) is 13.4. The standard InChI is InChI=1S/C10H12N4O4/c1-3(15)13-7-5(11)10(18)8(14-4(2)16)6(12)9(7)17/h11-12H2,1-2H3,(H,13,15)(H,14,16). The van der Waals surface area contributed by atoms with Crippen LogP contribution in [0, 0.1) is 0 Å². The highest BCUT2D eigenvalue weighted by molar-refractivity contribution is 6.25. The van der Waals surface area contributed by atoms with Crippen molar-refractivity contribution >= 4 is 23.4 Å². The third kappa shape index (κ3) is 2.37. The maximum atomic E-state index is 11.8. The Morgan fingerprint density at radius 1 is 0.833 bits per heavy atom. The maximum absolute atomic E-state index is 11.8. The van der Waals surface area contributed by atoms with Crippen LogP contribution in [-0.2, 0) is 19.2 Å². The second-order valence-corrected chi connectivity index (χ2v) is 3.60. The Labute approximate surface area is 102 Å². The van der Waals surface area contributed by atoms with Gasteiger partial charge in [0, 0.05) is 13.8 Å². The third-order valence-corrected chi connectivity index (χ3v) is 2.08. The molecule has 1 rings (SSSR count). The smallest absolute Gasteiger partial charge is 0.229 e. The molecular formula is C10H12N4O4. The van der Waals surface area contributed by atoms with Crippen LogP contribution in [-0.4, -0.2) is 23.4 Å². The molecule has 2 amide bonds. The quantitative estimate of drug-likeness (QED) is 0.408. The molecule has 0 unspecified atom stereocenters. The lowest BCUT2D eigenvalue weighted by Gasteiger charge is -2.19. The molecule has 0 atom stereocenters. The molecule has 0 aromatic rings. The van der Waals surface area contributed by atoms with Gasteiger partial charge in [0.15, 0.2) is 0 Å². The molecule has 8 heteroatoms. The van der Waals surface area contributed by atoms with Gasteiger partial charge in [-0.1, -0.05) is 0 Å². The Balaban J connectivity index is 3.22. The van der Waals surface area contributed by atoms with Crippen LogP contribution in [0.3, 0.4) is 0 Å². The first-order valence-corrected chi connectivity index (χ1v) is 4.89. The van der Waals surface area contributed by atoms with Crippen LogP contribution in [0.15, 0.2) is 22.8 Å². The Morgan fingerprint density at radius 2 is 1.11 bits per heavy atom. The fraction of sp³-hybridized carbons (Fsp3) is 0.200. The molecule has 96 valence electrons. The fourth-order valence-electron chi connectivity index (χ4n) is 1.34. The van der Waals surface area contributed by atoms with Crippen LogP contribution in [0.25, 0.3) is 0 Å². The van der Waals surface area contributed by atoms with E-state index < -0.39 is 34.8 Å². The largest absolute Gasteiger partial charge is 0.394 e. The van der Waals surface area contributed by atoms with E-state index in [0.717, 1.165) is 13.8 Å². The molecule has 0 radical (unpaired) electrons.